The van der Waals surface area contributed by atoms with Crippen molar-refractivity contribution in [1.29, 1.82) is 0 Å². The molecule has 1 aromatic carbocycles. The van der Waals surface area contributed by atoms with Gasteiger partial charge in [-0.2, -0.15) is 0 Å². The van der Waals surface area contributed by atoms with Crippen LogP contribution in [0, 0.1) is 12.8 Å². The number of hydrogen-bond acceptors (Lipinski definition) is 2. The molecule has 0 saturated carbocycles. The van der Waals surface area contributed by atoms with Crippen LogP contribution < -0.4 is 11.1 Å². The van der Waals surface area contributed by atoms with Gasteiger partial charge in [0.15, 0.2) is 0 Å². The second kappa shape index (κ2) is 8.94. The van der Waals surface area contributed by atoms with Gasteiger partial charge in [0.1, 0.15) is 6.04 Å². The molecule has 0 aliphatic rings. The molecule has 4 heteroatoms. The predicted octanol–water partition coefficient (Wildman–Crippen LogP) is 2.97. The van der Waals surface area contributed by atoms with E-state index in [1.807, 2.05) is 31.2 Å². The van der Waals surface area contributed by atoms with Gasteiger partial charge in [-0.05, 0) is 31.2 Å². The third-order valence-corrected chi connectivity index (χ3v) is 2.98. The first-order chi connectivity index (χ1) is 8.50. The van der Waals surface area contributed by atoms with E-state index in [9.17, 15) is 4.79 Å². The summed E-state index contributed by atoms with van der Waals surface area (Å²) in [5.41, 5.74) is 7.95. The van der Waals surface area contributed by atoms with Gasteiger partial charge in [-0.3, -0.25) is 4.79 Å². The van der Waals surface area contributed by atoms with Gasteiger partial charge in [0.2, 0.25) is 5.91 Å². The van der Waals surface area contributed by atoms with Crippen LogP contribution >= 0.6 is 12.4 Å². The van der Waals surface area contributed by atoms with Crippen LogP contribution in [-0.4, -0.2) is 12.5 Å². The average molecular weight is 285 g/mol. The van der Waals surface area contributed by atoms with Crippen molar-refractivity contribution in [2.24, 2.45) is 11.7 Å². The number of nitrogens with one attached hydrogen (secondary N) is 1. The molecular formula is C15H25ClN2O. The highest BCUT2D eigenvalue weighted by Crippen LogP contribution is 2.11. The Labute approximate surface area is 122 Å². The van der Waals surface area contributed by atoms with Crippen LogP contribution in [0.3, 0.4) is 0 Å². The Balaban J connectivity index is 0.00000324. The molecule has 3 nitrogen and oxygen atoms in total. The Morgan fingerprint density at radius 2 is 1.84 bits per heavy atom. The van der Waals surface area contributed by atoms with Crippen LogP contribution in [0.15, 0.2) is 24.3 Å². The van der Waals surface area contributed by atoms with E-state index in [4.69, 9.17) is 5.73 Å². The Kier molecular flexibility index (Phi) is 8.44. The predicted molar refractivity (Wildman–Crippen MR) is 82.4 cm³/mol. The topological polar surface area (TPSA) is 55.1 Å². The van der Waals surface area contributed by atoms with Gasteiger partial charge < -0.3 is 11.1 Å². The average Bonchev–Trinajstić information content (AvgIpc) is 2.34. The van der Waals surface area contributed by atoms with Gasteiger partial charge >= 0.3 is 0 Å². The first-order valence-electron chi connectivity index (χ1n) is 6.60. The first kappa shape index (κ1) is 17.9. The summed E-state index contributed by atoms with van der Waals surface area (Å²) in [7, 11) is 0. The molecule has 0 aliphatic carbocycles. The fraction of sp³-hybridized carbons (Fsp3) is 0.533. The van der Waals surface area contributed by atoms with Gasteiger partial charge in [0, 0.05) is 6.54 Å². The van der Waals surface area contributed by atoms with E-state index in [1.54, 1.807) is 0 Å². The number of nitrogens with two attached hydrogens (primary N) is 1. The standard InChI is InChI=1S/C15H24N2O.ClH/c1-11(2)5-4-10-17-15(18)14(16)13-8-6-12(3)7-9-13;/h6-9,11,14H,4-5,10,16H2,1-3H3,(H,17,18);1H. The number of carbonyl (C=O) groups is 1. The lowest BCUT2D eigenvalue weighted by molar-refractivity contribution is -0.122. The van der Waals surface area contributed by atoms with Gasteiger partial charge in [-0.15, -0.1) is 12.4 Å². The smallest absolute Gasteiger partial charge is 0.241 e. The van der Waals surface area contributed by atoms with E-state index in [0.29, 0.717) is 12.5 Å². The lowest BCUT2D eigenvalue weighted by Gasteiger charge is -2.13. The fourth-order valence-corrected chi connectivity index (χ4v) is 1.76. The van der Waals surface area contributed by atoms with Crippen molar-refractivity contribution in [2.75, 3.05) is 6.54 Å². The molecule has 0 aliphatic heterocycles. The summed E-state index contributed by atoms with van der Waals surface area (Å²) < 4.78 is 0. The molecular weight excluding hydrogens is 260 g/mol. The number of amides is 1. The van der Waals surface area contributed by atoms with Crippen molar-refractivity contribution in [3.8, 4) is 0 Å². The third kappa shape index (κ3) is 6.60. The van der Waals surface area contributed by atoms with Crippen LogP contribution in [0.4, 0.5) is 0 Å². The summed E-state index contributed by atoms with van der Waals surface area (Å²) in [5.74, 6) is 0.579. The molecule has 1 rings (SSSR count). The Morgan fingerprint density at radius 1 is 1.26 bits per heavy atom. The van der Waals surface area contributed by atoms with Crippen LogP contribution in [-0.2, 0) is 4.79 Å². The number of carbonyl (C=O) groups excluding carboxylic acids is 1. The molecule has 0 heterocycles. The van der Waals surface area contributed by atoms with Crippen LogP contribution in [0.25, 0.3) is 0 Å². The zero-order valence-electron chi connectivity index (χ0n) is 12.0. The van der Waals surface area contributed by atoms with E-state index < -0.39 is 6.04 Å². The zero-order chi connectivity index (χ0) is 13.5. The molecule has 0 saturated heterocycles. The number of aryl methyl sites for hydroxylation is 1. The van der Waals surface area contributed by atoms with Gasteiger partial charge in [-0.25, -0.2) is 0 Å². The molecule has 0 spiro atoms. The van der Waals surface area contributed by atoms with Crippen LogP contribution in [0.5, 0.6) is 0 Å². The Bertz CT molecular complexity index is 376. The van der Waals surface area contributed by atoms with Crippen LogP contribution in [0.2, 0.25) is 0 Å². The quantitative estimate of drug-likeness (QED) is 0.789. The van der Waals surface area contributed by atoms with Crippen molar-refractivity contribution in [3.05, 3.63) is 35.4 Å². The molecule has 1 unspecified atom stereocenters. The minimum atomic E-state index is -0.565. The van der Waals surface area contributed by atoms with Crippen molar-refractivity contribution in [1.82, 2.24) is 5.32 Å². The maximum atomic E-state index is 11.8. The SMILES string of the molecule is Cc1ccc(C(N)C(=O)NCCCC(C)C)cc1.Cl. The van der Waals surface area contributed by atoms with Crippen molar-refractivity contribution in [3.63, 3.8) is 0 Å². The van der Waals surface area contributed by atoms with Gasteiger partial charge in [0.25, 0.3) is 0 Å². The summed E-state index contributed by atoms with van der Waals surface area (Å²) in [5, 5.41) is 2.89. The van der Waals surface area contributed by atoms with Gasteiger partial charge in [-0.1, -0.05) is 43.7 Å². The fourth-order valence-electron chi connectivity index (χ4n) is 1.76. The third-order valence-electron chi connectivity index (χ3n) is 2.98. The summed E-state index contributed by atoms with van der Waals surface area (Å²) >= 11 is 0. The second-order valence-electron chi connectivity index (χ2n) is 5.22. The lowest BCUT2D eigenvalue weighted by Crippen LogP contribution is -2.34. The van der Waals surface area contributed by atoms with E-state index in [2.05, 4.69) is 19.2 Å². The molecule has 1 atom stereocenters. The van der Waals surface area contributed by atoms with Crippen molar-refractivity contribution in [2.45, 2.75) is 39.7 Å². The number of hydrogen-bond donors (Lipinski definition) is 2. The molecule has 1 amide bonds. The molecule has 3 N–H and O–H groups in total. The minimum Gasteiger partial charge on any atom is -0.354 e. The second-order valence-corrected chi connectivity index (χ2v) is 5.22. The van der Waals surface area contributed by atoms with E-state index >= 15 is 0 Å². The number of halogens is 1. The molecule has 0 aromatic heterocycles. The summed E-state index contributed by atoms with van der Waals surface area (Å²) in [6, 6.07) is 7.20. The number of rotatable bonds is 6. The highest BCUT2D eigenvalue weighted by Gasteiger charge is 2.14. The maximum absolute atomic E-state index is 11.8. The summed E-state index contributed by atoms with van der Waals surface area (Å²) in [6.07, 6.45) is 2.13. The highest BCUT2D eigenvalue weighted by atomic mass is 35.5. The van der Waals surface area contributed by atoms with E-state index in [0.717, 1.165) is 18.4 Å². The Hall–Kier alpha value is -1.06. The molecule has 1 aromatic rings. The van der Waals surface area contributed by atoms with E-state index in [1.165, 1.54) is 5.56 Å². The van der Waals surface area contributed by atoms with Crippen molar-refractivity contribution >= 4 is 18.3 Å². The molecule has 0 bridgehead atoms. The molecule has 108 valence electrons. The largest absolute Gasteiger partial charge is 0.354 e. The normalized spacial score (nSPS) is 11.8. The van der Waals surface area contributed by atoms with Crippen molar-refractivity contribution < 1.29 is 4.79 Å². The van der Waals surface area contributed by atoms with Crippen LogP contribution in [0.1, 0.15) is 43.9 Å². The molecule has 0 fully saturated rings. The zero-order valence-corrected chi connectivity index (χ0v) is 12.8. The first-order valence-corrected chi connectivity index (χ1v) is 6.60. The summed E-state index contributed by atoms with van der Waals surface area (Å²) in [6.45, 7) is 7.08. The molecule has 0 radical (unpaired) electrons. The number of benzene rings is 1. The monoisotopic (exact) mass is 284 g/mol. The minimum absolute atomic E-state index is 0. The molecule has 19 heavy (non-hydrogen) atoms. The highest BCUT2D eigenvalue weighted by molar-refractivity contribution is 5.85. The Morgan fingerprint density at radius 3 is 2.37 bits per heavy atom. The van der Waals surface area contributed by atoms with E-state index in [-0.39, 0.29) is 18.3 Å². The lowest BCUT2D eigenvalue weighted by atomic mass is 10.0. The van der Waals surface area contributed by atoms with Gasteiger partial charge in [0.05, 0.1) is 0 Å². The summed E-state index contributed by atoms with van der Waals surface area (Å²) in [4.78, 5) is 11.8. The maximum Gasteiger partial charge on any atom is 0.241 e.